The molecular weight excluding hydrogens is 214 g/mol. The van der Waals surface area contributed by atoms with Crippen LogP contribution in [0.4, 0.5) is 5.82 Å². The second-order valence-electron chi connectivity index (χ2n) is 2.68. The Morgan fingerprint density at radius 3 is 2.87 bits per heavy atom. The Balaban J connectivity index is 2.16. The molecule has 6 nitrogen and oxygen atoms in total. The van der Waals surface area contributed by atoms with Crippen molar-refractivity contribution in [3.05, 3.63) is 18.3 Å². The van der Waals surface area contributed by atoms with E-state index in [1.54, 1.807) is 26.4 Å². The van der Waals surface area contributed by atoms with Crippen molar-refractivity contribution in [3.8, 4) is 0 Å². The van der Waals surface area contributed by atoms with Gasteiger partial charge in [0.05, 0.1) is 12.4 Å². The summed E-state index contributed by atoms with van der Waals surface area (Å²) in [7, 11) is 1.79. The number of aryl methyl sites for hydroxylation is 1. The van der Waals surface area contributed by atoms with Gasteiger partial charge in [0.1, 0.15) is 10.8 Å². The molecule has 0 radical (unpaired) electrons. The highest BCUT2D eigenvalue weighted by Crippen LogP contribution is 2.24. The van der Waals surface area contributed by atoms with E-state index < -0.39 is 0 Å². The molecule has 0 aliphatic carbocycles. The van der Waals surface area contributed by atoms with Crippen molar-refractivity contribution in [2.45, 2.75) is 17.2 Å². The maximum atomic E-state index is 5.21. The summed E-state index contributed by atoms with van der Waals surface area (Å²) in [6.07, 6.45) is 3.29. The molecular formula is C8H9N5OS. The smallest absolute Gasteiger partial charge is 0.282 e. The molecule has 0 aliphatic heterocycles. The summed E-state index contributed by atoms with van der Waals surface area (Å²) in [5.41, 5.74) is 0. The van der Waals surface area contributed by atoms with Crippen molar-refractivity contribution in [2.75, 3.05) is 12.4 Å². The van der Waals surface area contributed by atoms with Crippen LogP contribution in [0.15, 0.2) is 27.1 Å². The fourth-order valence-electron chi connectivity index (χ4n) is 0.927. The van der Waals surface area contributed by atoms with Crippen LogP contribution in [0, 0.1) is 6.92 Å². The summed E-state index contributed by atoms with van der Waals surface area (Å²) >= 11 is 1.28. The van der Waals surface area contributed by atoms with Crippen LogP contribution < -0.4 is 5.32 Å². The molecule has 0 aliphatic rings. The Morgan fingerprint density at radius 1 is 1.33 bits per heavy atom. The Hall–Kier alpha value is -1.63. The molecule has 0 saturated carbocycles. The van der Waals surface area contributed by atoms with Crippen LogP contribution in [-0.4, -0.2) is 27.2 Å². The summed E-state index contributed by atoms with van der Waals surface area (Å²) in [6, 6.07) is 0. The quantitative estimate of drug-likeness (QED) is 0.841. The third-order valence-electron chi connectivity index (χ3n) is 1.57. The van der Waals surface area contributed by atoms with Gasteiger partial charge in [-0.1, -0.05) is 0 Å². The minimum atomic E-state index is 0.468. The highest BCUT2D eigenvalue weighted by molar-refractivity contribution is 7.99. The fourth-order valence-corrected chi connectivity index (χ4v) is 1.61. The van der Waals surface area contributed by atoms with Crippen molar-refractivity contribution in [1.82, 2.24) is 20.2 Å². The number of rotatable bonds is 3. The molecule has 1 N–H and O–H groups in total. The Kier molecular flexibility index (Phi) is 2.82. The van der Waals surface area contributed by atoms with E-state index in [9.17, 15) is 0 Å². The summed E-state index contributed by atoms with van der Waals surface area (Å²) in [6.45, 7) is 1.74. The van der Waals surface area contributed by atoms with Gasteiger partial charge in [0.25, 0.3) is 5.22 Å². The summed E-state index contributed by atoms with van der Waals surface area (Å²) in [4.78, 5) is 8.28. The van der Waals surface area contributed by atoms with Crippen LogP contribution >= 0.6 is 11.8 Å². The lowest BCUT2D eigenvalue weighted by Crippen LogP contribution is -1.93. The zero-order valence-electron chi connectivity index (χ0n) is 8.26. The molecule has 0 bridgehead atoms. The predicted octanol–water partition coefficient (Wildman–Crippen LogP) is 1.36. The molecule has 0 saturated heterocycles. The molecule has 78 valence electrons. The van der Waals surface area contributed by atoms with E-state index in [-0.39, 0.29) is 0 Å². The molecule has 0 unspecified atom stereocenters. The second-order valence-corrected chi connectivity index (χ2v) is 3.65. The van der Waals surface area contributed by atoms with Crippen LogP contribution in [0.2, 0.25) is 0 Å². The zero-order chi connectivity index (χ0) is 10.7. The van der Waals surface area contributed by atoms with Gasteiger partial charge in [-0.3, -0.25) is 4.98 Å². The predicted molar refractivity (Wildman–Crippen MR) is 54.7 cm³/mol. The maximum absolute atomic E-state index is 5.21. The van der Waals surface area contributed by atoms with Crippen LogP contribution in [0.25, 0.3) is 0 Å². The Morgan fingerprint density at radius 2 is 2.20 bits per heavy atom. The third kappa shape index (κ3) is 2.44. The third-order valence-corrected chi connectivity index (χ3v) is 2.31. The van der Waals surface area contributed by atoms with E-state index in [0.29, 0.717) is 22.0 Å². The van der Waals surface area contributed by atoms with E-state index in [1.165, 1.54) is 11.8 Å². The lowest BCUT2D eigenvalue weighted by Gasteiger charge is -1.99. The maximum Gasteiger partial charge on any atom is 0.282 e. The molecule has 2 aromatic heterocycles. The monoisotopic (exact) mass is 223 g/mol. The van der Waals surface area contributed by atoms with Gasteiger partial charge in [-0.15, -0.1) is 10.2 Å². The van der Waals surface area contributed by atoms with Gasteiger partial charge < -0.3 is 9.73 Å². The van der Waals surface area contributed by atoms with E-state index in [4.69, 9.17) is 4.42 Å². The van der Waals surface area contributed by atoms with Gasteiger partial charge in [0, 0.05) is 14.0 Å². The number of hydrogen-bond donors (Lipinski definition) is 1. The molecule has 2 aromatic rings. The van der Waals surface area contributed by atoms with E-state index in [2.05, 4.69) is 25.5 Å². The average molecular weight is 223 g/mol. The molecule has 2 rings (SSSR count). The lowest BCUT2D eigenvalue weighted by atomic mass is 10.7. The Bertz CT molecular complexity index is 458. The number of anilines is 1. The van der Waals surface area contributed by atoms with Crippen LogP contribution in [0.5, 0.6) is 0 Å². The van der Waals surface area contributed by atoms with Crippen LogP contribution in [0.1, 0.15) is 5.89 Å². The normalized spacial score (nSPS) is 10.3. The number of hydrogen-bond acceptors (Lipinski definition) is 7. The number of aromatic nitrogens is 4. The summed E-state index contributed by atoms with van der Waals surface area (Å²) in [5.74, 6) is 1.24. The number of nitrogens with one attached hydrogen (secondary N) is 1. The SMILES string of the molecule is CNc1cncc(Sc2nnc(C)o2)n1. The van der Waals surface area contributed by atoms with Gasteiger partial charge in [-0.2, -0.15) is 0 Å². The molecule has 0 fully saturated rings. The molecule has 0 amide bonds. The van der Waals surface area contributed by atoms with Crippen molar-refractivity contribution >= 4 is 17.6 Å². The minimum Gasteiger partial charge on any atom is -0.416 e. The first kappa shape index (κ1) is 9.91. The molecule has 15 heavy (non-hydrogen) atoms. The first-order valence-corrected chi connectivity index (χ1v) is 5.07. The fraction of sp³-hybridized carbons (Fsp3) is 0.250. The van der Waals surface area contributed by atoms with Gasteiger partial charge in [0.15, 0.2) is 0 Å². The largest absolute Gasteiger partial charge is 0.416 e. The molecule has 0 spiro atoms. The van der Waals surface area contributed by atoms with Gasteiger partial charge in [0.2, 0.25) is 5.89 Å². The summed E-state index contributed by atoms with van der Waals surface area (Å²) in [5, 5.41) is 11.7. The molecule has 0 atom stereocenters. The Labute approximate surface area is 90.5 Å². The van der Waals surface area contributed by atoms with E-state index >= 15 is 0 Å². The molecule has 0 aromatic carbocycles. The van der Waals surface area contributed by atoms with Crippen molar-refractivity contribution < 1.29 is 4.42 Å². The van der Waals surface area contributed by atoms with Crippen molar-refractivity contribution in [3.63, 3.8) is 0 Å². The van der Waals surface area contributed by atoms with Crippen LogP contribution in [-0.2, 0) is 0 Å². The van der Waals surface area contributed by atoms with E-state index in [1.807, 2.05) is 0 Å². The zero-order valence-corrected chi connectivity index (χ0v) is 9.08. The van der Waals surface area contributed by atoms with Crippen molar-refractivity contribution in [2.24, 2.45) is 0 Å². The van der Waals surface area contributed by atoms with Crippen LogP contribution in [0.3, 0.4) is 0 Å². The average Bonchev–Trinajstić information content (AvgIpc) is 2.64. The van der Waals surface area contributed by atoms with Gasteiger partial charge in [-0.05, 0) is 11.8 Å². The lowest BCUT2D eigenvalue weighted by molar-refractivity contribution is 0.429. The minimum absolute atomic E-state index is 0.468. The second kappa shape index (κ2) is 4.26. The first-order valence-electron chi connectivity index (χ1n) is 4.25. The molecule has 2 heterocycles. The van der Waals surface area contributed by atoms with Gasteiger partial charge >= 0.3 is 0 Å². The van der Waals surface area contributed by atoms with Crippen molar-refractivity contribution in [1.29, 1.82) is 0 Å². The molecule has 7 heteroatoms. The first-order chi connectivity index (χ1) is 7.28. The highest BCUT2D eigenvalue weighted by Gasteiger charge is 2.06. The van der Waals surface area contributed by atoms with Gasteiger partial charge in [-0.25, -0.2) is 4.98 Å². The topological polar surface area (TPSA) is 76.7 Å². The summed E-state index contributed by atoms with van der Waals surface area (Å²) < 4.78 is 5.21. The standard InChI is InChI=1S/C8H9N5OS/c1-5-12-13-8(14-5)15-7-4-10-3-6(9-2)11-7/h3-4H,1-2H3,(H,9,11). The highest BCUT2D eigenvalue weighted by atomic mass is 32.2. The van der Waals surface area contributed by atoms with E-state index in [0.717, 1.165) is 0 Å². The number of nitrogens with zero attached hydrogens (tertiary/aromatic N) is 4.